The fourth-order valence-corrected chi connectivity index (χ4v) is 6.70. The third-order valence-electron chi connectivity index (χ3n) is 8.68. The molecular weight excluding hydrogens is 557 g/mol. The maximum absolute atomic E-state index is 14.2. The number of methoxy groups -OCH3 is 1. The van der Waals surface area contributed by atoms with Crippen LogP contribution in [0.3, 0.4) is 0 Å². The summed E-state index contributed by atoms with van der Waals surface area (Å²) in [5.41, 5.74) is 6.02. The van der Waals surface area contributed by atoms with Crippen LogP contribution in [0.4, 0.5) is 4.39 Å². The van der Waals surface area contributed by atoms with E-state index in [-0.39, 0.29) is 19.6 Å². The third kappa shape index (κ3) is 5.45. The number of esters is 1. The van der Waals surface area contributed by atoms with Crippen molar-refractivity contribution in [3.8, 4) is 11.1 Å². The van der Waals surface area contributed by atoms with Crippen molar-refractivity contribution >= 4 is 28.5 Å². The summed E-state index contributed by atoms with van der Waals surface area (Å²) < 4.78 is 28.2. The highest BCUT2D eigenvalue weighted by molar-refractivity contribution is 6.38. The van der Waals surface area contributed by atoms with Crippen LogP contribution in [0.25, 0.3) is 22.0 Å². The van der Waals surface area contributed by atoms with Gasteiger partial charge in [-0.2, -0.15) is 5.10 Å². The standard InChI is InChI=1S/C32H37ClFN5O3/c1-4-42-32(40)31(30-27-16-24(34)17-38(27)19-35-30)39-18-26-20(2)15-25(28(33)29(26)36-39)23-7-5-21(6-8-23)22-9-11-37(12-10-22)13-14-41-3/h5-8,15,18-19,22,24,31H,4,9-14,16-17H2,1-3H3/t24-,31?/m1/s1. The van der Waals surface area contributed by atoms with E-state index in [1.807, 2.05) is 13.1 Å². The summed E-state index contributed by atoms with van der Waals surface area (Å²) in [5.74, 6) is 0.0633. The molecule has 0 amide bonds. The van der Waals surface area contributed by atoms with Crippen molar-refractivity contribution in [2.75, 3.05) is 40.0 Å². The topological polar surface area (TPSA) is 74.4 Å². The van der Waals surface area contributed by atoms with Gasteiger partial charge in [-0.1, -0.05) is 35.9 Å². The van der Waals surface area contributed by atoms with Crippen LogP contribution in [0.2, 0.25) is 5.02 Å². The van der Waals surface area contributed by atoms with Gasteiger partial charge in [0.15, 0.2) is 6.04 Å². The molecule has 2 aromatic heterocycles. The van der Waals surface area contributed by atoms with E-state index in [1.54, 1.807) is 29.6 Å². The molecule has 4 aromatic rings. The molecule has 2 aliphatic rings. The Kier molecular flexibility index (Phi) is 8.34. The molecule has 2 atom stereocenters. The monoisotopic (exact) mass is 593 g/mol. The van der Waals surface area contributed by atoms with Crippen molar-refractivity contribution in [3.63, 3.8) is 0 Å². The molecule has 2 aliphatic heterocycles. The summed E-state index contributed by atoms with van der Waals surface area (Å²) in [4.78, 5) is 20.2. The Balaban J connectivity index is 1.29. The Bertz CT molecular complexity index is 1580. The Morgan fingerprint density at radius 3 is 2.69 bits per heavy atom. The number of ether oxygens (including phenoxy) is 2. The van der Waals surface area contributed by atoms with Crippen LogP contribution in [0, 0.1) is 6.92 Å². The average Bonchev–Trinajstić information content (AvgIpc) is 3.70. The summed E-state index contributed by atoms with van der Waals surface area (Å²) >= 11 is 7.01. The predicted octanol–water partition coefficient (Wildman–Crippen LogP) is 5.73. The van der Waals surface area contributed by atoms with Crippen molar-refractivity contribution in [3.05, 3.63) is 70.4 Å². The molecule has 2 aromatic carbocycles. The van der Waals surface area contributed by atoms with E-state index in [0.29, 0.717) is 27.8 Å². The quantitative estimate of drug-likeness (QED) is 0.231. The molecule has 222 valence electrons. The van der Waals surface area contributed by atoms with Crippen LogP contribution in [-0.4, -0.2) is 76.3 Å². The van der Waals surface area contributed by atoms with Gasteiger partial charge in [0.05, 0.1) is 36.8 Å². The summed E-state index contributed by atoms with van der Waals surface area (Å²) in [5, 5.41) is 6.17. The Labute approximate surface area is 250 Å². The van der Waals surface area contributed by atoms with E-state index in [9.17, 15) is 9.18 Å². The maximum atomic E-state index is 14.2. The first-order valence-electron chi connectivity index (χ1n) is 14.7. The lowest BCUT2D eigenvalue weighted by molar-refractivity contribution is -0.146. The van der Waals surface area contributed by atoms with Gasteiger partial charge < -0.3 is 18.9 Å². The average molecular weight is 594 g/mol. The van der Waals surface area contributed by atoms with Gasteiger partial charge in [-0.25, -0.2) is 14.2 Å². The molecule has 0 radical (unpaired) electrons. The minimum Gasteiger partial charge on any atom is -0.464 e. The molecule has 4 heterocycles. The van der Waals surface area contributed by atoms with Crippen LogP contribution in [0.1, 0.15) is 54.2 Å². The number of piperidine rings is 1. The SMILES string of the molecule is CCOC(=O)C(c1ncn2c1C[C@@H](F)C2)n1cc2c(C)cc(-c3ccc(C4CCN(CCOC)CC4)cc3)c(Cl)c2n1. The molecule has 0 aliphatic carbocycles. The lowest BCUT2D eigenvalue weighted by Gasteiger charge is -2.32. The van der Waals surface area contributed by atoms with E-state index >= 15 is 0 Å². The van der Waals surface area contributed by atoms with Crippen LogP contribution >= 0.6 is 11.6 Å². The van der Waals surface area contributed by atoms with E-state index < -0.39 is 18.2 Å². The van der Waals surface area contributed by atoms with Crippen LogP contribution in [-0.2, 0) is 27.2 Å². The molecule has 0 saturated carbocycles. The first-order valence-corrected chi connectivity index (χ1v) is 15.1. The van der Waals surface area contributed by atoms with E-state index in [1.165, 1.54) is 5.56 Å². The minimum atomic E-state index is -0.999. The van der Waals surface area contributed by atoms with Crippen molar-refractivity contribution in [1.82, 2.24) is 24.2 Å². The largest absolute Gasteiger partial charge is 0.464 e. The number of carbonyl (C=O) groups is 1. The second-order valence-electron chi connectivity index (χ2n) is 11.3. The highest BCUT2D eigenvalue weighted by Crippen LogP contribution is 2.38. The zero-order valence-electron chi connectivity index (χ0n) is 24.4. The Hall–Kier alpha value is -3.27. The molecule has 0 spiro atoms. The predicted molar refractivity (Wildman–Crippen MR) is 161 cm³/mol. The first-order chi connectivity index (χ1) is 20.4. The molecule has 10 heteroatoms. The Morgan fingerprint density at radius 2 is 1.98 bits per heavy atom. The number of aromatic nitrogens is 4. The number of likely N-dealkylation sites (tertiary alicyclic amines) is 1. The van der Waals surface area contributed by atoms with Gasteiger partial charge in [0.1, 0.15) is 11.7 Å². The van der Waals surface area contributed by atoms with E-state index in [4.69, 9.17) is 26.2 Å². The Morgan fingerprint density at radius 1 is 1.21 bits per heavy atom. The number of carbonyl (C=O) groups excluding carboxylic acids is 1. The zero-order chi connectivity index (χ0) is 29.4. The lowest BCUT2D eigenvalue weighted by Crippen LogP contribution is -2.35. The van der Waals surface area contributed by atoms with Crippen molar-refractivity contribution in [2.45, 2.75) is 57.8 Å². The number of imidazole rings is 1. The fourth-order valence-electron chi connectivity index (χ4n) is 6.40. The number of benzene rings is 2. The van der Waals surface area contributed by atoms with Crippen molar-refractivity contribution < 1.29 is 18.7 Å². The van der Waals surface area contributed by atoms with Crippen LogP contribution < -0.4 is 0 Å². The smallest absolute Gasteiger partial charge is 0.337 e. The summed E-state index contributed by atoms with van der Waals surface area (Å²) in [6.07, 6.45) is 4.89. The van der Waals surface area contributed by atoms with Crippen molar-refractivity contribution in [2.24, 2.45) is 0 Å². The molecule has 1 fully saturated rings. The van der Waals surface area contributed by atoms with Crippen LogP contribution in [0.5, 0.6) is 0 Å². The normalized spacial score (nSPS) is 18.5. The number of nitrogens with zero attached hydrogens (tertiary/aromatic N) is 5. The lowest BCUT2D eigenvalue weighted by atomic mass is 9.88. The summed E-state index contributed by atoms with van der Waals surface area (Å²) in [6.45, 7) is 8.16. The van der Waals surface area contributed by atoms with E-state index in [0.717, 1.165) is 61.2 Å². The third-order valence-corrected chi connectivity index (χ3v) is 9.06. The van der Waals surface area contributed by atoms with E-state index in [2.05, 4.69) is 40.2 Å². The molecule has 1 saturated heterocycles. The zero-order valence-corrected chi connectivity index (χ0v) is 25.1. The number of hydrogen-bond donors (Lipinski definition) is 0. The number of aryl methyl sites for hydroxylation is 1. The highest BCUT2D eigenvalue weighted by Gasteiger charge is 2.35. The van der Waals surface area contributed by atoms with Crippen LogP contribution in [0.15, 0.2) is 42.9 Å². The molecule has 6 rings (SSSR count). The van der Waals surface area contributed by atoms with Gasteiger partial charge in [0.25, 0.3) is 0 Å². The van der Waals surface area contributed by atoms with Gasteiger partial charge in [-0.15, -0.1) is 0 Å². The number of fused-ring (bicyclic) bond motifs is 2. The molecule has 8 nitrogen and oxygen atoms in total. The van der Waals surface area contributed by atoms with Gasteiger partial charge in [0, 0.05) is 42.9 Å². The molecular formula is C32H37ClFN5O3. The second kappa shape index (κ2) is 12.1. The van der Waals surface area contributed by atoms with Gasteiger partial charge in [0.2, 0.25) is 0 Å². The fraction of sp³-hybridized carbons (Fsp3) is 0.469. The summed E-state index contributed by atoms with van der Waals surface area (Å²) in [6, 6.07) is 9.85. The number of hydrogen-bond acceptors (Lipinski definition) is 6. The number of alkyl halides is 1. The second-order valence-corrected chi connectivity index (χ2v) is 11.7. The molecule has 0 N–H and O–H groups in total. The first kappa shape index (κ1) is 28.8. The number of halogens is 2. The maximum Gasteiger partial charge on any atom is 0.337 e. The summed E-state index contributed by atoms with van der Waals surface area (Å²) in [7, 11) is 1.75. The van der Waals surface area contributed by atoms with Gasteiger partial charge in [-0.3, -0.25) is 4.68 Å². The van der Waals surface area contributed by atoms with Gasteiger partial charge >= 0.3 is 5.97 Å². The minimum absolute atomic E-state index is 0.207. The molecule has 1 unspecified atom stereocenters. The molecule has 42 heavy (non-hydrogen) atoms. The van der Waals surface area contributed by atoms with Crippen molar-refractivity contribution in [1.29, 1.82) is 0 Å². The number of rotatable bonds is 9. The molecule has 0 bridgehead atoms. The highest BCUT2D eigenvalue weighted by atomic mass is 35.5. The van der Waals surface area contributed by atoms with Gasteiger partial charge in [-0.05, 0) is 68.5 Å².